The van der Waals surface area contributed by atoms with Crippen molar-refractivity contribution in [1.82, 2.24) is 9.88 Å². The summed E-state index contributed by atoms with van der Waals surface area (Å²) in [4.78, 5) is 18.4. The van der Waals surface area contributed by atoms with E-state index < -0.39 is 0 Å². The van der Waals surface area contributed by atoms with Gasteiger partial charge in [0.15, 0.2) is 0 Å². The molecule has 0 saturated carbocycles. The van der Waals surface area contributed by atoms with Gasteiger partial charge < -0.3 is 14.5 Å². The Morgan fingerprint density at radius 3 is 2.89 bits per heavy atom. The van der Waals surface area contributed by atoms with Gasteiger partial charge in [-0.25, -0.2) is 4.79 Å². The highest BCUT2D eigenvalue weighted by molar-refractivity contribution is 5.91. The van der Waals surface area contributed by atoms with Crippen molar-refractivity contribution in [2.75, 3.05) is 27.3 Å². The van der Waals surface area contributed by atoms with Crippen molar-refractivity contribution >= 4 is 16.9 Å². The fourth-order valence-electron chi connectivity index (χ4n) is 5.08. The van der Waals surface area contributed by atoms with Crippen LogP contribution < -0.4 is 4.74 Å². The first-order chi connectivity index (χ1) is 13.1. The SMILES string of the molecule is C=C(C(=O)OC)[C@H]1C[C@H]2c3[nH]c4cccc(OC)c4c3CCN2CC1CC. The minimum atomic E-state index is -0.277. The van der Waals surface area contributed by atoms with Crippen LogP contribution in [0.1, 0.15) is 37.1 Å². The predicted octanol–water partition coefficient (Wildman–Crippen LogP) is 3.85. The van der Waals surface area contributed by atoms with Gasteiger partial charge in [-0.15, -0.1) is 0 Å². The van der Waals surface area contributed by atoms with Gasteiger partial charge >= 0.3 is 5.97 Å². The molecule has 2 aliphatic rings. The molecule has 1 aromatic carbocycles. The van der Waals surface area contributed by atoms with Crippen LogP contribution in [0.2, 0.25) is 0 Å². The van der Waals surface area contributed by atoms with Crippen molar-refractivity contribution in [3.05, 3.63) is 41.6 Å². The van der Waals surface area contributed by atoms with Crippen LogP contribution in [0.4, 0.5) is 0 Å². The molecule has 1 unspecified atom stereocenters. The van der Waals surface area contributed by atoms with Gasteiger partial charge in [0.05, 0.1) is 20.3 Å². The Morgan fingerprint density at radius 1 is 1.37 bits per heavy atom. The van der Waals surface area contributed by atoms with Gasteiger partial charge in [-0.05, 0) is 42.4 Å². The number of benzene rings is 1. The number of rotatable bonds is 4. The quantitative estimate of drug-likeness (QED) is 0.658. The molecule has 5 heteroatoms. The zero-order valence-corrected chi connectivity index (χ0v) is 16.4. The van der Waals surface area contributed by atoms with Gasteiger partial charge in [-0.3, -0.25) is 4.90 Å². The monoisotopic (exact) mass is 368 g/mol. The van der Waals surface area contributed by atoms with Crippen molar-refractivity contribution in [1.29, 1.82) is 0 Å². The Hall–Kier alpha value is -2.27. The average molecular weight is 368 g/mol. The number of methoxy groups -OCH3 is 2. The lowest BCUT2D eigenvalue weighted by Crippen LogP contribution is -2.46. The highest BCUT2D eigenvalue weighted by Gasteiger charge is 2.41. The Bertz CT molecular complexity index is 885. The molecule has 144 valence electrons. The number of aromatic nitrogens is 1. The van der Waals surface area contributed by atoms with Crippen molar-refractivity contribution in [3.8, 4) is 5.75 Å². The van der Waals surface area contributed by atoms with Crippen LogP contribution in [-0.2, 0) is 16.0 Å². The molecule has 0 amide bonds. The van der Waals surface area contributed by atoms with E-state index in [2.05, 4.69) is 29.5 Å². The molecule has 3 heterocycles. The Labute approximate surface area is 160 Å². The highest BCUT2D eigenvalue weighted by Crippen LogP contribution is 2.46. The van der Waals surface area contributed by atoms with E-state index in [9.17, 15) is 4.79 Å². The second-order valence-electron chi connectivity index (χ2n) is 7.69. The third-order valence-corrected chi connectivity index (χ3v) is 6.50. The zero-order valence-electron chi connectivity index (χ0n) is 16.4. The first kappa shape index (κ1) is 18.1. The molecule has 27 heavy (non-hydrogen) atoms. The molecule has 1 N–H and O–H groups in total. The van der Waals surface area contributed by atoms with Crippen molar-refractivity contribution < 1.29 is 14.3 Å². The molecule has 5 nitrogen and oxygen atoms in total. The number of hydrogen-bond donors (Lipinski definition) is 1. The lowest BCUT2D eigenvalue weighted by atomic mass is 9.74. The summed E-state index contributed by atoms with van der Waals surface area (Å²) in [7, 11) is 3.17. The standard InChI is InChI=1S/C22H28N2O3/c1-5-14-12-24-10-9-15-20-17(7-6-8-19(20)26-3)23-21(15)18(24)11-16(14)13(2)22(25)27-4/h6-8,14,16,18,23H,2,5,9-12H2,1,3-4H3/t14?,16-,18+/m1/s1. The predicted molar refractivity (Wildman–Crippen MR) is 106 cm³/mol. The maximum atomic E-state index is 12.1. The molecule has 0 bridgehead atoms. The number of piperidine rings is 1. The molecule has 0 aliphatic carbocycles. The van der Waals surface area contributed by atoms with Gasteiger partial charge in [0.2, 0.25) is 0 Å². The Morgan fingerprint density at radius 2 is 2.19 bits per heavy atom. The molecule has 1 saturated heterocycles. The average Bonchev–Trinajstić information content (AvgIpc) is 3.10. The van der Waals surface area contributed by atoms with Crippen LogP contribution in [0.15, 0.2) is 30.4 Å². The van der Waals surface area contributed by atoms with Gasteiger partial charge in [-0.2, -0.15) is 0 Å². The third-order valence-electron chi connectivity index (χ3n) is 6.50. The first-order valence-corrected chi connectivity index (χ1v) is 9.77. The maximum absolute atomic E-state index is 12.1. The van der Waals surface area contributed by atoms with Gasteiger partial charge in [0.1, 0.15) is 5.75 Å². The number of nitrogens with one attached hydrogen (secondary N) is 1. The molecule has 2 aliphatic heterocycles. The van der Waals surface area contributed by atoms with E-state index in [1.165, 1.54) is 23.8 Å². The van der Waals surface area contributed by atoms with Gasteiger partial charge in [-0.1, -0.05) is 26.0 Å². The van der Waals surface area contributed by atoms with Gasteiger partial charge in [0, 0.05) is 35.3 Å². The number of aromatic amines is 1. The van der Waals surface area contributed by atoms with E-state index in [-0.39, 0.29) is 17.9 Å². The van der Waals surface area contributed by atoms with E-state index >= 15 is 0 Å². The summed E-state index contributed by atoms with van der Waals surface area (Å²) in [5, 5.41) is 1.20. The molecular formula is C22H28N2O3. The Balaban J connectivity index is 1.74. The molecule has 0 radical (unpaired) electrons. The lowest BCUT2D eigenvalue weighted by Gasteiger charge is -2.46. The minimum absolute atomic E-state index is 0.156. The molecule has 0 spiro atoms. The van der Waals surface area contributed by atoms with Crippen molar-refractivity contribution in [3.63, 3.8) is 0 Å². The van der Waals surface area contributed by atoms with Crippen LogP contribution in [-0.4, -0.2) is 43.2 Å². The lowest BCUT2D eigenvalue weighted by molar-refractivity contribution is -0.137. The molecule has 1 aromatic heterocycles. The fourth-order valence-corrected chi connectivity index (χ4v) is 5.08. The molecule has 2 aromatic rings. The summed E-state index contributed by atoms with van der Waals surface area (Å²) in [5.41, 5.74) is 4.38. The van der Waals surface area contributed by atoms with Crippen LogP contribution in [0.3, 0.4) is 0 Å². The number of carbonyl (C=O) groups excluding carboxylic acids is 1. The van der Waals surface area contributed by atoms with Crippen LogP contribution >= 0.6 is 0 Å². The van der Waals surface area contributed by atoms with E-state index in [0.29, 0.717) is 11.5 Å². The number of carbonyl (C=O) groups is 1. The number of H-pyrrole nitrogens is 1. The second kappa shape index (κ2) is 7.04. The first-order valence-electron chi connectivity index (χ1n) is 9.77. The summed E-state index contributed by atoms with van der Waals surface area (Å²) in [6.07, 6.45) is 2.96. The summed E-state index contributed by atoms with van der Waals surface area (Å²) in [5.74, 6) is 1.24. The number of nitrogens with zero attached hydrogens (tertiary/aromatic N) is 1. The summed E-state index contributed by atoms with van der Waals surface area (Å²) < 4.78 is 10.6. The summed E-state index contributed by atoms with van der Waals surface area (Å²) >= 11 is 0. The molecule has 3 atom stereocenters. The molecular weight excluding hydrogens is 340 g/mol. The van der Waals surface area contributed by atoms with E-state index in [0.717, 1.165) is 43.6 Å². The normalized spacial score (nSPS) is 24.9. The minimum Gasteiger partial charge on any atom is -0.496 e. The third kappa shape index (κ3) is 2.85. The smallest absolute Gasteiger partial charge is 0.333 e. The number of ether oxygens (including phenoxy) is 2. The van der Waals surface area contributed by atoms with E-state index in [1.807, 2.05) is 12.1 Å². The number of hydrogen-bond acceptors (Lipinski definition) is 4. The second-order valence-corrected chi connectivity index (χ2v) is 7.69. The molecule has 4 rings (SSSR count). The van der Waals surface area contributed by atoms with Crippen LogP contribution in [0, 0.1) is 11.8 Å². The van der Waals surface area contributed by atoms with Crippen LogP contribution in [0.5, 0.6) is 5.75 Å². The van der Waals surface area contributed by atoms with Crippen molar-refractivity contribution in [2.45, 2.75) is 32.2 Å². The summed E-state index contributed by atoms with van der Waals surface area (Å²) in [6.45, 7) is 8.32. The Kier molecular flexibility index (Phi) is 4.72. The fraction of sp³-hybridized carbons (Fsp3) is 0.500. The molecule has 1 fully saturated rings. The summed E-state index contributed by atoms with van der Waals surface area (Å²) in [6, 6.07) is 6.44. The van der Waals surface area contributed by atoms with Gasteiger partial charge in [0.25, 0.3) is 0 Å². The van der Waals surface area contributed by atoms with E-state index in [1.54, 1.807) is 7.11 Å². The van der Waals surface area contributed by atoms with Crippen LogP contribution in [0.25, 0.3) is 10.9 Å². The highest BCUT2D eigenvalue weighted by atomic mass is 16.5. The zero-order chi connectivity index (χ0) is 19.1. The number of fused-ring (bicyclic) bond motifs is 5. The van der Waals surface area contributed by atoms with E-state index in [4.69, 9.17) is 9.47 Å². The topological polar surface area (TPSA) is 54.6 Å². The largest absolute Gasteiger partial charge is 0.496 e. The van der Waals surface area contributed by atoms with Crippen molar-refractivity contribution in [2.24, 2.45) is 11.8 Å². The number of esters is 1. The maximum Gasteiger partial charge on any atom is 0.333 e.